The Labute approximate surface area is 115 Å². The van der Waals surface area contributed by atoms with Crippen molar-refractivity contribution in [3.8, 4) is 0 Å². The van der Waals surface area contributed by atoms with Gasteiger partial charge in [0.05, 0.1) is 0 Å². The van der Waals surface area contributed by atoms with Gasteiger partial charge in [0.25, 0.3) is 0 Å². The monoisotopic (exact) mass is 263 g/mol. The molecule has 1 aliphatic rings. The molecule has 0 bridgehead atoms. The molecule has 1 fully saturated rings. The van der Waals surface area contributed by atoms with Gasteiger partial charge in [0.15, 0.2) is 0 Å². The van der Waals surface area contributed by atoms with Crippen LogP contribution in [0.5, 0.6) is 0 Å². The van der Waals surface area contributed by atoms with E-state index in [-0.39, 0.29) is 0 Å². The maximum absolute atomic E-state index is 5.62. The van der Waals surface area contributed by atoms with Gasteiger partial charge in [-0.25, -0.2) is 9.97 Å². The fraction of sp³-hybridized carbons (Fsp3) is 0.714. The number of nitrogens with one attached hydrogen (secondary N) is 1. The smallest absolute Gasteiger partial charge is 0.134 e. The van der Waals surface area contributed by atoms with Crippen molar-refractivity contribution in [2.45, 2.75) is 32.6 Å². The van der Waals surface area contributed by atoms with Crippen molar-refractivity contribution < 1.29 is 0 Å². The third kappa shape index (κ3) is 4.35. The summed E-state index contributed by atoms with van der Waals surface area (Å²) in [6.45, 7) is 5.89. The molecule has 0 aliphatic carbocycles. The van der Waals surface area contributed by atoms with Gasteiger partial charge >= 0.3 is 0 Å². The van der Waals surface area contributed by atoms with Gasteiger partial charge in [0, 0.05) is 25.7 Å². The van der Waals surface area contributed by atoms with Gasteiger partial charge < -0.3 is 16.0 Å². The van der Waals surface area contributed by atoms with Gasteiger partial charge in [-0.2, -0.15) is 0 Å². The first-order valence-corrected chi connectivity index (χ1v) is 7.30. The zero-order chi connectivity index (χ0) is 13.5. The van der Waals surface area contributed by atoms with Crippen LogP contribution in [0.25, 0.3) is 0 Å². The van der Waals surface area contributed by atoms with Crippen molar-refractivity contribution in [1.82, 2.24) is 9.97 Å². The molecule has 1 saturated heterocycles. The average Bonchev–Trinajstić information content (AvgIpc) is 2.74. The van der Waals surface area contributed by atoms with Crippen LogP contribution < -0.4 is 16.0 Å². The van der Waals surface area contributed by atoms with Crippen LogP contribution in [-0.2, 0) is 0 Å². The Hall–Kier alpha value is -1.36. The molecule has 1 aromatic rings. The quantitative estimate of drug-likeness (QED) is 0.849. The SMILES string of the molecule is CC(CN)CNc1cc(N2CCCCCC2)ncn1. The number of anilines is 2. The molecule has 0 amide bonds. The third-order valence-electron chi connectivity index (χ3n) is 3.62. The molecule has 0 saturated carbocycles. The summed E-state index contributed by atoms with van der Waals surface area (Å²) in [5, 5.41) is 3.33. The van der Waals surface area contributed by atoms with Gasteiger partial charge in [-0.1, -0.05) is 19.8 Å². The predicted molar refractivity (Wildman–Crippen MR) is 79.4 cm³/mol. The van der Waals surface area contributed by atoms with Crippen molar-refractivity contribution >= 4 is 11.6 Å². The Morgan fingerprint density at radius 3 is 2.68 bits per heavy atom. The molecule has 5 heteroatoms. The van der Waals surface area contributed by atoms with Gasteiger partial charge in [-0.05, 0) is 25.3 Å². The topological polar surface area (TPSA) is 67.1 Å². The zero-order valence-electron chi connectivity index (χ0n) is 11.8. The van der Waals surface area contributed by atoms with Gasteiger partial charge in [-0.15, -0.1) is 0 Å². The maximum Gasteiger partial charge on any atom is 0.134 e. The molecule has 0 radical (unpaired) electrons. The second kappa shape index (κ2) is 7.28. The highest BCUT2D eigenvalue weighted by atomic mass is 15.2. The lowest BCUT2D eigenvalue weighted by atomic mass is 10.2. The zero-order valence-corrected chi connectivity index (χ0v) is 11.8. The molecule has 1 aromatic heterocycles. The molecule has 3 N–H and O–H groups in total. The van der Waals surface area contributed by atoms with Crippen LogP contribution in [0.1, 0.15) is 32.6 Å². The molecule has 106 valence electrons. The van der Waals surface area contributed by atoms with E-state index in [0.717, 1.165) is 31.3 Å². The van der Waals surface area contributed by atoms with E-state index < -0.39 is 0 Å². The number of hydrogen-bond acceptors (Lipinski definition) is 5. The first-order valence-electron chi connectivity index (χ1n) is 7.30. The van der Waals surface area contributed by atoms with Crippen LogP contribution in [0.15, 0.2) is 12.4 Å². The Bertz CT molecular complexity index is 374. The lowest BCUT2D eigenvalue weighted by Crippen LogP contribution is -2.25. The Morgan fingerprint density at radius 1 is 1.26 bits per heavy atom. The minimum atomic E-state index is 0.455. The molecule has 1 atom stereocenters. The summed E-state index contributed by atoms with van der Waals surface area (Å²) < 4.78 is 0. The standard InChI is InChI=1S/C14H25N5/c1-12(9-15)10-16-13-8-14(18-11-17-13)19-6-4-2-3-5-7-19/h8,11-12H,2-7,9-10,15H2,1H3,(H,16,17,18). The first kappa shape index (κ1) is 14.1. The molecule has 19 heavy (non-hydrogen) atoms. The Balaban J connectivity index is 1.97. The van der Waals surface area contributed by atoms with Crippen LogP contribution in [0.4, 0.5) is 11.6 Å². The van der Waals surface area contributed by atoms with Crippen LogP contribution in [0, 0.1) is 5.92 Å². The highest BCUT2D eigenvalue weighted by Crippen LogP contribution is 2.18. The molecule has 2 rings (SSSR count). The molecule has 1 aliphatic heterocycles. The lowest BCUT2D eigenvalue weighted by Gasteiger charge is -2.21. The predicted octanol–water partition coefficient (Wildman–Crippen LogP) is 1.86. The Kier molecular flexibility index (Phi) is 5.39. The van der Waals surface area contributed by atoms with Gasteiger partial charge in [0.2, 0.25) is 0 Å². The van der Waals surface area contributed by atoms with E-state index in [9.17, 15) is 0 Å². The van der Waals surface area contributed by atoms with Crippen LogP contribution in [-0.4, -0.2) is 36.1 Å². The summed E-state index contributed by atoms with van der Waals surface area (Å²) in [6, 6.07) is 2.05. The van der Waals surface area contributed by atoms with Crippen molar-refractivity contribution in [2.24, 2.45) is 11.7 Å². The second-order valence-electron chi connectivity index (χ2n) is 5.38. The van der Waals surface area contributed by atoms with Crippen molar-refractivity contribution in [3.05, 3.63) is 12.4 Å². The third-order valence-corrected chi connectivity index (χ3v) is 3.62. The van der Waals surface area contributed by atoms with Crippen molar-refractivity contribution in [2.75, 3.05) is 36.4 Å². The van der Waals surface area contributed by atoms with Gasteiger partial charge in [-0.3, -0.25) is 0 Å². The number of rotatable bonds is 5. The molecule has 0 spiro atoms. The van der Waals surface area contributed by atoms with E-state index in [1.165, 1.54) is 25.7 Å². The maximum atomic E-state index is 5.62. The molecule has 1 unspecified atom stereocenters. The average molecular weight is 263 g/mol. The lowest BCUT2D eigenvalue weighted by molar-refractivity contribution is 0.626. The molecule has 0 aromatic carbocycles. The fourth-order valence-corrected chi connectivity index (χ4v) is 2.28. The summed E-state index contributed by atoms with van der Waals surface area (Å²) in [4.78, 5) is 11.0. The fourth-order valence-electron chi connectivity index (χ4n) is 2.28. The van der Waals surface area contributed by atoms with E-state index in [0.29, 0.717) is 12.5 Å². The first-order chi connectivity index (χ1) is 9.29. The van der Waals surface area contributed by atoms with Crippen molar-refractivity contribution in [1.29, 1.82) is 0 Å². The minimum absolute atomic E-state index is 0.455. The number of hydrogen-bond donors (Lipinski definition) is 2. The molecular weight excluding hydrogens is 238 g/mol. The van der Waals surface area contributed by atoms with E-state index >= 15 is 0 Å². The van der Waals surface area contributed by atoms with Crippen molar-refractivity contribution in [3.63, 3.8) is 0 Å². The molecule has 5 nitrogen and oxygen atoms in total. The minimum Gasteiger partial charge on any atom is -0.370 e. The van der Waals surface area contributed by atoms with E-state index in [1.807, 2.05) is 0 Å². The summed E-state index contributed by atoms with van der Waals surface area (Å²) in [6.07, 6.45) is 6.84. The van der Waals surface area contributed by atoms with Crippen LogP contribution >= 0.6 is 0 Å². The normalized spacial score (nSPS) is 17.9. The van der Waals surface area contributed by atoms with E-state index in [4.69, 9.17) is 5.73 Å². The largest absolute Gasteiger partial charge is 0.370 e. The van der Waals surface area contributed by atoms with E-state index in [1.54, 1.807) is 6.33 Å². The summed E-state index contributed by atoms with van der Waals surface area (Å²) in [7, 11) is 0. The summed E-state index contributed by atoms with van der Waals surface area (Å²) >= 11 is 0. The van der Waals surface area contributed by atoms with Crippen LogP contribution in [0.3, 0.4) is 0 Å². The molecular formula is C14H25N5. The van der Waals surface area contributed by atoms with Gasteiger partial charge in [0.1, 0.15) is 18.0 Å². The summed E-state index contributed by atoms with van der Waals surface area (Å²) in [5.41, 5.74) is 5.62. The van der Waals surface area contributed by atoms with Crippen LogP contribution in [0.2, 0.25) is 0 Å². The van der Waals surface area contributed by atoms with E-state index in [2.05, 4.69) is 33.2 Å². The number of aromatic nitrogens is 2. The molecule has 2 heterocycles. The highest BCUT2D eigenvalue weighted by Gasteiger charge is 2.11. The Morgan fingerprint density at radius 2 is 2.00 bits per heavy atom. The summed E-state index contributed by atoms with van der Waals surface area (Å²) in [5.74, 6) is 2.39. The highest BCUT2D eigenvalue weighted by molar-refractivity contribution is 5.48. The second-order valence-corrected chi connectivity index (χ2v) is 5.38. The number of nitrogens with zero attached hydrogens (tertiary/aromatic N) is 3. The number of nitrogens with two attached hydrogens (primary N) is 1.